The van der Waals surface area contributed by atoms with Gasteiger partial charge in [0, 0.05) is 56.7 Å². The highest BCUT2D eigenvalue weighted by atomic mass is 16.5. The molecule has 6 heteroatoms. The molecule has 1 aromatic heterocycles. The van der Waals surface area contributed by atoms with Crippen molar-refractivity contribution in [1.29, 1.82) is 0 Å². The minimum Gasteiger partial charge on any atom is -0.497 e. The Morgan fingerprint density at radius 3 is 2.04 bits per heavy atom. The molecular formula is C22H31N5O. The van der Waals surface area contributed by atoms with Gasteiger partial charge in [0.1, 0.15) is 11.6 Å². The van der Waals surface area contributed by atoms with Gasteiger partial charge >= 0.3 is 0 Å². The van der Waals surface area contributed by atoms with E-state index in [0.717, 1.165) is 62.5 Å². The molecule has 2 fully saturated rings. The van der Waals surface area contributed by atoms with Crippen LogP contribution in [-0.4, -0.2) is 56.3 Å². The zero-order chi connectivity index (χ0) is 19.3. The highest BCUT2D eigenvalue weighted by molar-refractivity contribution is 5.52. The molecule has 0 N–H and O–H groups in total. The smallest absolute Gasteiger partial charge is 0.227 e. The third kappa shape index (κ3) is 4.32. The lowest BCUT2D eigenvalue weighted by Crippen LogP contribution is -2.47. The topological polar surface area (TPSA) is 44.7 Å². The largest absolute Gasteiger partial charge is 0.497 e. The van der Waals surface area contributed by atoms with E-state index in [0.29, 0.717) is 0 Å². The third-order valence-electron chi connectivity index (χ3n) is 5.76. The molecule has 2 aliphatic heterocycles. The van der Waals surface area contributed by atoms with Crippen LogP contribution in [-0.2, 0) is 0 Å². The van der Waals surface area contributed by atoms with E-state index in [4.69, 9.17) is 14.7 Å². The molecule has 2 saturated heterocycles. The maximum Gasteiger partial charge on any atom is 0.227 e. The molecule has 0 bridgehead atoms. The van der Waals surface area contributed by atoms with E-state index < -0.39 is 0 Å². The van der Waals surface area contributed by atoms with Gasteiger partial charge in [0.05, 0.1) is 7.11 Å². The van der Waals surface area contributed by atoms with E-state index in [-0.39, 0.29) is 0 Å². The van der Waals surface area contributed by atoms with Gasteiger partial charge in [-0.3, -0.25) is 0 Å². The lowest BCUT2D eigenvalue weighted by atomic mass is 10.2. The molecule has 0 unspecified atom stereocenters. The predicted octanol–water partition coefficient (Wildman–Crippen LogP) is 3.50. The van der Waals surface area contributed by atoms with Crippen LogP contribution in [0.1, 0.15) is 31.4 Å². The van der Waals surface area contributed by atoms with Crippen LogP contribution in [0.5, 0.6) is 5.75 Å². The fourth-order valence-corrected chi connectivity index (χ4v) is 4.10. The number of anilines is 3. The van der Waals surface area contributed by atoms with Crippen molar-refractivity contribution in [1.82, 2.24) is 9.97 Å². The summed E-state index contributed by atoms with van der Waals surface area (Å²) in [5, 5.41) is 0. The van der Waals surface area contributed by atoms with Crippen molar-refractivity contribution in [2.75, 3.05) is 61.1 Å². The molecule has 6 nitrogen and oxygen atoms in total. The summed E-state index contributed by atoms with van der Waals surface area (Å²) in [7, 11) is 1.71. The lowest BCUT2D eigenvalue weighted by molar-refractivity contribution is 0.415. The van der Waals surface area contributed by atoms with Gasteiger partial charge in [0.15, 0.2) is 0 Å². The van der Waals surface area contributed by atoms with Crippen LogP contribution in [0.4, 0.5) is 17.5 Å². The molecule has 150 valence electrons. The average Bonchev–Trinajstić information content (AvgIpc) is 3.03. The number of aromatic nitrogens is 2. The molecule has 2 aromatic rings. The van der Waals surface area contributed by atoms with Crippen molar-refractivity contribution in [3.8, 4) is 5.75 Å². The maximum atomic E-state index is 5.27. The van der Waals surface area contributed by atoms with Crippen LogP contribution in [0.25, 0.3) is 0 Å². The first-order chi connectivity index (χ1) is 13.7. The van der Waals surface area contributed by atoms with Gasteiger partial charge in [-0.2, -0.15) is 4.98 Å². The Labute approximate surface area is 168 Å². The SMILES string of the molecule is COc1ccc(N2CCN(c3cc(C)nc(N4CCCCCC4)n3)CC2)cc1. The summed E-state index contributed by atoms with van der Waals surface area (Å²) in [4.78, 5) is 16.9. The fraction of sp³-hybridized carbons (Fsp3) is 0.545. The molecule has 2 aliphatic rings. The van der Waals surface area contributed by atoms with Crippen molar-refractivity contribution in [2.45, 2.75) is 32.6 Å². The summed E-state index contributed by atoms with van der Waals surface area (Å²) in [6, 6.07) is 10.5. The van der Waals surface area contributed by atoms with Crippen LogP contribution >= 0.6 is 0 Å². The molecular weight excluding hydrogens is 350 g/mol. The van der Waals surface area contributed by atoms with Gasteiger partial charge in [-0.1, -0.05) is 12.8 Å². The highest BCUT2D eigenvalue weighted by Crippen LogP contribution is 2.24. The summed E-state index contributed by atoms with van der Waals surface area (Å²) in [6.07, 6.45) is 5.13. The highest BCUT2D eigenvalue weighted by Gasteiger charge is 2.21. The molecule has 0 amide bonds. The standard InChI is InChI=1S/C22H31N5O/c1-18-17-21(24-22(23-18)27-11-5-3-4-6-12-27)26-15-13-25(14-16-26)19-7-9-20(28-2)10-8-19/h7-10,17H,3-6,11-16H2,1-2H3. The second-order valence-electron chi connectivity index (χ2n) is 7.74. The molecule has 28 heavy (non-hydrogen) atoms. The van der Waals surface area contributed by atoms with Crippen LogP contribution in [0.3, 0.4) is 0 Å². The Kier molecular flexibility index (Phi) is 5.84. The Bertz CT molecular complexity index is 763. The zero-order valence-electron chi connectivity index (χ0n) is 17.1. The Morgan fingerprint density at radius 1 is 0.750 bits per heavy atom. The van der Waals surface area contributed by atoms with Crippen molar-refractivity contribution in [3.05, 3.63) is 36.0 Å². The fourth-order valence-electron chi connectivity index (χ4n) is 4.10. The molecule has 0 atom stereocenters. The van der Waals surface area contributed by atoms with Gasteiger partial charge in [-0.25, -0.2) is 4.98 Å². The number of piperazine rings is 1. The number of benzene rings is 1. The zero-order valence-corrected chi connectivity index (χ0v) is 17.1. The van der Waals surface area contributed by atoms with Crippen molar-refractivity contribution in [2.24, 2.45) is 0 Å². The number of hydrogen-bond acceptors (Lipinski definition) is 6. The average molecular weight is 382 g/mol. The second kappa shape index (κ2) is 8.67. The van der Waals surface area contributed by atoms with Gasteiger partial charge in [-0.15, -0.1) is 0 Å². The van der Waals surface area contributed by atoms with Gasteiger partial charge < -0.3 is 19.4 Å². The van der Waals surface area contributed by atoms with E-state index in [1.807, 2.05) is 12.1 Å². The number of nitrogens with zero attached hydrogens (tertiary/aromatic N) is 5. The van der Waals surface area contributed by atoms with E-state index in [1.54, 1.807) is 7.11 Å². The van der Waals surface area contributed by atoms with Gasteiger partial charge in [0.2, 0.25) is 5.95 Å². The normalized spacial score (nSPS) is 18.1. The minimum atomic E-state index is 0.903. The Balaban J connectivity index is 1.43. The lowest BCUT2D eigenvalue weighted by Gasteiger charge is -2.37. The van der Waals surface area contributed by atoms with Crippen molar-refractivity contribution >= 4 is 17.5 Å². The number of aryl methyl sites for hydroxylation is 1. The first-order valence-electron chi connectivity index (χ1n) is 10.5. The summed E-state index contributed by atoms with van der Waals surface area (Å²) >= 11 is 0. The van der Waals surface area contributed by atoms with E-state index in [2.05, 4.69) is 39.8 Å². The number of hydrogen-bond donors (Lipinski definition) is 0. The minimum absolute atomic E-state index is 0.903. The molecule has 0 aliphatic carbocycles. The van der Waals surface area contributed by atoms with Crippen molar-refractivity contribution < 1.29 is 4.74 Å². The monoisotopic (exact) mass is 381 g/mol. The third-order valence-corrected chi connectivity index (χ3v) is 5.76. The van der Waals surface area contributed by atoms with Crippen LogP contribution in [0.15, 0.2) is 30.3 Å². The first-order valence-corrected chi connectivity index (χ1v) is 10.5. The summed E-state index contributed by atoms with van der Waals surface area (Å²) in [6.45, 7) is 8.18. The molecule has 0 spiro atoms. The summed E-state index contributed by atoms with van der Waals surface area (Å²) in [5.74, 6) is 2.88. The molecule has 1 aromatic carbocycles. The number of ether oxygens (including phenoxy) is 1. The van der Waals surface area contributed by atoms with Crippen LogP contribution < -0.4 is 19.4 Å². The maximum absolute atomic E-state index is 5.27. The number of methoxy groups -OCH3 is 1. The summed E-state index contributed by atoms with van der Waals surface area (Å²) in [5.41, 5.74) is 2.31. The van der Waals surface area contributed by atoms with Crippen LogP contribution in [0, 0.1) is 6.92 Å². The molecule has 0 radical (unpaired) electrons. The van der Waals surface area contributed by atoms with Crippen LogP contribution in [0.2, 0.25) is 0 Å². The van der Waals surface area contributed by atoms with E-state index in [9.17, 15) is 0 Å². The second-order valence-corrected chi connectivity index (χ2v) is 7.74. The number of rotatable bonds is 4. The molecule has 0 saturated carbocycles. The van der Waals surface area contributed by atoms with Crippen molar-refractivity contribution in [3.63, 3.8) is 0 Å². The molecule has 4 rings (SSSR count). The van der Waals surface area contributed by atoms with E-state index >= 15 is 0 Å². The Morgan fingerprint density at radius 2 is 1.39 bits per heavy atom. The van der Waals surface area contributed by atoms with E-state index in [1.165, 1.54) is 31.4 Å². The summed E-state index contributed by atoms with van der Waals surface area (Å²) < 4.78 is 5.27. The quantitative estimate of drug-likeness (QED) is 0.808. The predicted molar refractivity (Wildman–Crippen MR) is 115 cm³/mol. The van der Waals surface area contributed by atoms with Gasteiger partial charge in [-0.05, 0) is 44.0 Å². The Hall–Kier alpha value is -2.50. The van der Waals surface area contributed by atoms with Gasteiger partial charge in [0.25, 0.3) is 0 Å². The first kappa shape index (κ1) is 18.8. The molecule has 3 heterocycles.